The van der Waals surface area contributed by atoms with Gasteiger partial charge in [-0.15, -0.1) is 0 Å². The molecule has 4 heteroatoms. The minimum atomic E-state index is -0.997. The Balaban J connectivity index is 0.000000640. The maximum atomic E-state index is 10.1. The lowest BCUT2D eigenvalue weighted by Crippen LogP contribution is -2.82. The van der Waals surface area contributed by atoms with Crippen LogP contribution in [-0.2, 0) is 4.79 Å². The Labute approximate surface area is 53.0 Å². The van der Waals surface area contributed by atoms with E-state index >= 15 is 0 Å². The van der Waals surface area contributed by atoms with Crippen LogP contribution in [-0.4, -0.2) is 17.0 Å². The summed E-state index contributed by atoms with van der Waals surface area (Å²) < 4.78 is 0. The minimum Gasteiger partial charge on any atom is -0.544 e. The van der Waals surface area contributed by atoms with Crippen molar-refractivity contribution in [3.05, 3.63) is 0 Å². The standard InChI is InChI=1S/C5H9NO2.H2O/c6-5(4(7)8)2-1-3-5;/h1-3,6H2,(H,7,8);1H2. The molecule has 1 rings (SSSR count). The van der Waals surface area contributed by atoms with Crippen LogP contribution in [0.15, 0.2) is 0 Å². The molecule has 1 saturated carbocycles. The Morgan fingerprint density at radius 3 is 2.00 bits per heavy atom. The van der Waals surface area contributed by atoms with E-state index in [2.05, 4.69) is 5.73 Å². The van der Waals surface area contributed by atoms with Crippen molar-refractivity contribution in [1.29, 1.82) is 0 Å². The van der Waals surface area contributed by atoms with E-state index in [0.29, 0.717) is 12.8 Å². The molecule has 9 heavy (non-hydrogen) atoms. The summed E-state index contributed by atoms with van der Waals surface area (Å²) in [4.78, 5) is 10.1. The lowest BCUT2D eigenvalue weighted by molar-refractivity contribution is -0.503. The largest absolute Gasteiger partial charge is 0.544 e. The van der Waals surface area contributed by atoms with Crippen LogP contribution in [0.4, 0.5) is 0 Å². The highest BCUT2D eigenvalue weighted by molar-refractivity contribution is 5.75. The predicted molar refractivity (Wildman–Crippen MR) is 28.1 cm³/mol. The Hall–Kier alpha value is -0.610. The zero-order chi connectivity index (χ0) is 6.20. The summed E-state index contributed by atoms with van der Waals surface area (Å²) in [7, 11) is 0. The van der Waals surface area contributed by atoms with Crippen LogP contribution in [0.5, 0.6) is 0 Å². The van der Waals surface area contributed by atoms with Gasteiger partial charge in [0.1, 0.15) is 11.5 Å². The molecular weight excluding hydrogens is 122 g/mol. The zero-order valence-corrected chi connectivity index (χ0v) is 5.14. The summed E-state index contributed by atoms with van der Waals surface area (Å²) in [6.45, 7) is 0. The van der Waals surface area contributed by atoms with Gasteiger partial charge in [-0.2, -0.15) is 0 Å². The van der Waals surface area contributed by atoms with Crippen molar-refractivity contribution in [2.45, 2.75) is 24.8 Å². The van der Waals surface area contributed by atoms with Crippen molar-refractivity contribution in [2.75, 3.05) is 0 Å². The number of carboxylic acids is 1. The number of aliphatic carboxylic acids is 1. The van der Waals surface area contributed by atoms with E-state index in [1.807, 2.05) is 0 Å². The maximum Gasteiger partial charge on any atom is 0.135 e. The number of carboxylic acid groups (broad SMARTS) is 1. The quantitative estimate of drug-likeness (QED) is 0.414. The molecule has 0 saturated heterocycles. The first-order valence-corrected chi connectivity index (χ1v) is 2.72. The Bertz CT molecular complexity index is 119. The number of carbonyl (C=O) groups excluding carboxylic acids is 1. The second-order valence-electron chi connectivity index (χ2n) is 2.42. The average Bonchev–Trinajstić information content (AvgIpc) is 1.60. The van der Waals surface area contributed by atoms with E-state index in [9.17, 15) is 9.90 Å². The molecule has 1 aliphatic carbocycles. The summed E-state index contributed by atoms with van der Waals surface area (Å²) in [5, 5.41) is 10.1. The van der Waals surface area contributed by atoms with Gasteiger partial charge in [-0.1, -0.05) is 0 Å². The first-order chi connectivity index (χ1) is 3.65. The molecule has 0 amide bonds. The first kappa shape index (κ1) is 8.39. The van der Waals surface area contributed by atoms with Gasteiger partial charge in [0.25, 0.3) is 0 Å². The minimum absolute atomic E-state index is 0. The van der Waals surface area contributed by atoms with E-state index in [0.717, 1.165) is 6.42 Å². The van der Waals surface area contributed by atoms with E-state index in [-0.39, 0.29) is 5.48 Å². The first-order valence-electron chi connectivity index (χ1n) is 2.72. The van der Waals surface area contributed by atoms with Crippen LogP contribution in [0, 0.1) is 0 Å². The third kappa shape index (κ3) is 1.20. The molecule has 0 spiro atoms. The summed E-state index contributed by atoms with van der Waals surface area (Å²) in [6, 6.07) is 0. The Morgan fingerprint density at radius 2 is 2.00 bits per heavy atom. The zero-order valence-electron chi connectivity index (χ0n) is 5.14. The lowest BCUT2D eigenvalue weighted by Gasteiger charge is -2.34. The Kier molecular flexibility index (Phi) is 2.17. The van der Waals surface area contributed by atoms with Gasteiger partial charge in [-0.3, -0.25) is 0 Å². The molecule has 5 N–H and O–H groups in total. The molecule has 54 valence electrons. The molecule has 0 unspecified atom stereocenters. The van der Waals surface area contributed by atoms with E-state index in [1.165, 1.54) is 0 Å². The van der Waals surface area contributed by atoms with E-state index in [4.69, 9.17) is 0 Å². The molecule has 0 atom stereocenters. The number of hydrogen-bond acceptors (Lipinski definition) is 2. The predicted octanol–water partition coefficient (Wildman–Crippen LogP) is -2.92. The highest BCUT2D eigenvalue weighted by Crippen LogP contribution is 2.25. The van der Waals surface area contributed by atoms with Gasteiger partial charge in [-0.25, -0.2) is 0 Å². The van der Waals surface area contributed by atoms with Crippen LogP contribution in [0.3, 0.4) is 0 Å². The summed E-state index contributed by atoms with van der Waals surface area (Å²) in [5.41, 5.74) is 2.79. The van der Waals surface area contributed by atoms with Crippen molar-refractivity contribution < 1.29 is 21.1 Å². The summed E-state index contributed by atoms with van der Waals surface area (Å²) in [5.74, 6) is -0.997. The van der Waals surface area contributed by atoms with Crippen molar-refractivity contribution in [3.63, 3.8) is 0 Å². The molecule has 0 heterocycles. The van der Waals surface area contributed by atoms with Gasteiger partial charge < -0.3 is 21.1 Å². The van der Waals surface area contributed by atoms with Crippen LogP contribution in [0.25, 0.3) is 0 Å². The molecule has 1 aliphatic rings. The van der Waals surface area contributed by atoms with E-state index < -0.39 is 11.5 Å². The second-order valence-corrected chi connectivity index (χ2v) is 2.42. The monoisotopic (exact) mass is 133 g/mol. The fourth-order valence-electron chi connectivity index (χ4n) is 0.808. The van der Waals surface area contributed by atoms with Crippen molar-refractivity contribution >= 4 is 5.97 Å². The van der Waals surface area contributed by atoms with Crippen molar-refractivity contribution in [3.8, 4) is 0 Å². The molecule has 0 aromatic rings. The van der Waals surface area contributed by atoms with Gasteiger partial charge >= 0.3 is 0 Å². The highest BCUT2D eigenvalue weighted by atomic mass is 16.4. The van der Waals surface area contributed by atoms with Crippen molar-refractivity contribution in [2.24, 2.45) is 0 Å². The van der Waals surface area contributed by atoms with Gasteiger partial charge in [0, 0.05) is 12.8 Å². The SMILES string of the molecule is O.[NH3+]C1(C(=O)[O-])CCC1. The van der Waals surface area contributed by atoms with Crippen LogP contribution in [0.1, 0.15) is 19.3 Å². The summed E-state index contributed by atoms with van der Waals surface area (Å²) in [6.07, 6.45) is 2.36. The molecule has 0 bridgehead atoms. The Morgan fingerprint density at radius 1 is 1.56 bits per heavy atom. The average molecular weight is 133 g/mol. The molecule has 4 nitrogen and oxygen atoms in total. The van der Waals surface area contributed by atoms with Gasteiger partial charge in [0.15, 0.2) is 0 Å². The van der Waals surface area contributed by atoms with Crippen LogP contribution < -0.4 is 10.8 Å². The third-order valence-corrected chi connectivity index (χ3v) is 1.74. The van der Waals surface area contributed by atoms with Crippen molar-refractivity contribution in [1.82, 2.24) is 0 Å². The summed E-state index contributed by atoms with van der Waals surface area (Å²) >= 11 is 0. The van der Waals surface area contributed by atoms with E-state index in [1.54, 1.807) is 0 Å². The second kappa shape index (κ2) is 2.33. The van der Waals surface area contributed by atoms with Gasteiger partial charge in [-0.05, 0) is 6.42 Å². The fourth-order valence-corrected chi connectivity index (χ4v) is 0.808. The third-order valence-electron chi connectivity index (χ3n) is 1.74. The normalized spacial score (nSPS) is 21.4. The maximum absolute atomic E-state index is 10.1. The molecule has 1 fully saturated rings. The topological polar surface area (TPSA) is 99.3 Å². The van der Waals surface area contributed by atoms with Crippen LogP contribution >= 0.6 is 0 Å². The highest BCUT2D eigenvalue weighted by Gasteiger charge is 2.38. The molecule has 0 radical (unpaired) electrons. The molecule has 0 aromatic carbocycles. The molecular formula is C5H11NO3. The number of carbonyl (C=O) groups is 1. The fraction of sp³-hybridized carbons (Fsp3) is 0.800. The number of hydrogen-bond donors (Lipinski definition) is 1. The lowest BCUT2D eigenvalue weighted by atomic mass is 9.78. The van der Waals surface area contributed by atoms with Gasteiger partial charge in [0.05, 0.1) is 0 Å². The molecule has 0 aliphatic heterocycles. The van der Waals surface area contributed by atoms with Crippen LogP contribution in [0.2, 0.25) is 0 Å². The molecule has 0 aromatic heterocycles. The van der Waals surface area contributed by atoms with Gasteiger partial charge in [0.2, 0.25) is 0 Å². The smallest absolute Gasteiger partial charge is 0.135 e. The number of rotatable bonds is 1. The number of quaternary nitrogens is 1.